The summed E-state index contributed by atoms with van der Waals surface area (Å²) in [6.45, 7) is 5.22. The molecule has 0 atom stereocenters. The first-order valence-electron chi connectivity index (χ1n) is 9.21. The van der Waals surface area contributed by atoms with Gasteiger partial charge in [-0.05, 0) is 49.8 Å². The zero-order valence-electron chi connectivity index (χ0n) is 15.5. The second kappa shape index (κ2) is 10.4. The highest BCUT2D eigenvalue weighted by Gasteiger charge is 2.23. The normalized spacial score (nSPS) is 15.8. The lowest BCUT2D eigenvalue weighted by molar-refractivity contribution is -0.121. The Kier molecular flexibility index (Phi) is 8.16. The third-order valence-electron chi connectivity index (χ3n) is 4.66. The molecule has 0 bridgehead atoms. The number of nitrogens with zero attached hydrogens (tertiary/aromatic N) is 2. The second-order valence-electron chi connectivity index (χ2n) is 6.53. The number of aliphatic imine (C=N–C) groups is 1. The summed E-state index contributed by atoms with van der Waals surface area (Å²) in [6.07, 6.45) is 3.24. The number of halogens is 2. The number of likely N-dealkylation sites (tertiary alicyclic amines) is 1. The van der Waals surface area contributed by atoms with Crippen LogP contribution in [0.4, 0.5) is 4.39 Å². The highest BCUT2D eigenvalue weighted by atomic mass is 35.5. The summed E-state index contributed by atoms with van der Waals surface area (Å²) in [5.74, 6) is 1.12. The van der Waals surface area contributed by atoms with E-state index in [1.54, 1.807) is 13.1 Å². The molecule has 26 heavy (non-hydrogen) atoms. The predicted molar refractivity (Wildman–Crippen MR) is 104 cm³/mol. The molecule has 1 aliphatic heterocycles. The maximum Gasteiger partial charge on any atom is 0.220 e. The Hall–Kier alpha value is -1.82. The van der Waals surface area contributed by atoms with Gasteiger partial charge in [0, 0.05) is 44.7 Å². The molecule has 0 spiro atoms. The molecule has 2 N–H and O–H groups in total. The summed E-state index contributed by atoms with van der Waals surface area (Å²) in [5.41, 5.74) is 0.900. The minimum absolute atomic E-state index is 0.111. The number of amides is 1. The fraction of sp³-hybridized carbons (Fsp3) is 0.579. The maximum atomic E-state index is 13.1. The summed E-state index contributed by atoms with van der Waals surface area (Å²) in [5, 5.41) is 6.47. The number of piperidine rings is 1. The molecule has 1 saturated heterocycles. The van der Waals surface area contributed by atoms with Gasteiger partial charge in [0.05, 0.1) is 0 Å². The Balaban J connectivity index is 1.89. The van der Waals surface area contributed by atoms with Crippen LogP contribution in [0.2, 0.25) is 5.02 Å². The largest absolute Gasteiger partial charge is 0.359 e. The van der Waals surface area contributed by atoms with E-state index < -0.39 is 0 Å². The van der Waals surface area contributed by atoms with Crippen LogP contribution in [0.25, 0.3) is 0 Å². The average molecular weight is 383 g/mol. The molecule has 1 heterocycles. The molecule has 1 aromatic carbocycles. The van der Waals surface area contributed by atoms with E-state index in [1.165, 1.54) is 12.1 Å². The van der Waals surface area contributed by atoms with E-state index in [0.29, 0.717) is 30.3 Å². The summed E-state index contributed by atoms with van der Waals surface area (Å²) in [7, 11) is 1.68. The van der Waals surface area contributed by atoms with Crippen LogP contribution in [-0.4, -0.2) is 50.0 Å². The van der Waals surface area contributed by atoms with Gasteiger partial charge in [-0.2, -0.15) is 0 Å². The Morgan fingerprint density at radius 1 is 1.38 bits per heavy atom. The fourth-order valence-electron chi connectivity index (χ4n) is 3.15. The van der Waals surface area contributed by atoms with E-state index in [2.05, 4.69) is 15.5 Å². The Morgan fingerprint density at radius 3 is 2.73 bits per heavy atom. The van der Waals surface area contributed by atoms with Crippen molar-refractivity contribution in [2.75, 3.05) is 33.2 Å². The van der Waals surface area contributed by atoms with Gasteiger partial charge in [0.15, 0.2) is 5.96 Å². The summed E-state index contributed by atoms with van der Waals surface area (Å²) in [6, 6.07) is 4.47. The number of guanidine groups is 1. The standard InChI is InChI=1S/C19H28ClFN4O/c1-3-23-19(24-9-6-15-4-5-16(21)13-17(15)20)25-10-7-14(8-11-25)12-18(26)22-2/h4-5,13-14H,3,6-12H2,1-2H3,(H,22,26)(H,23,24). The number of carbonyl (C=O) groups excluding carboxylic acids is 1. The molecule has 1 fully saturated rings. The molecule has 1 aliphatic rings. The van der Waals surface area contributed by atoms with Gasteiger partial charge in [0.2, 0.25) is 5.91 Å². The highest BCUT2D eigenvalue weighted by Crippen LogP contribution is 2.21. The smallest absolute Gasteiger partial charge is 0.220 e. The molecule has 144 valence electrons. The van der Waals surface area contributed by atoms with Crippen LogP contribution in [0, 0.1) is 11.7 Å². The van der Waals surface area contributed by atoms with E-state index in [1.807, 2.05) is 6.92 Å². The summed E-state index contributed by atoms with van der Waals surface area (Å²) < 4.78 is 13.1. The van der Waals surface area contributed by atoms with Crippen LogP contribution in [0.15, 0.2) is 23.2 Å². The van der Waals surface area contributed by atoms with Crippen LogP contribution in [0.5, 0.6) is 0 Å². The lowest BCUT2D eigenvalue weighted by Crippen LogP contribution is -2.46. The molecule has 0 radical (unpaired) electrons. The van der Waals surface area contributed by atoms with E-state index in [0.717, 1.165) is 44.0 Å². The Bertz CT molecular complexity index is 630. The predicted octanol–water partition coefficient (Wildman–Crippen LogP) is 2.84. The number of rotatable bonds is 6. The molecule has 7 heteroatoms. The molecule has 1 amide bonds. The van der Waals surface area contributed by atoms with Crippen molar-refractivity contribution in [1.82, 2.24) is 15.5 Å². The van der Waals surface area contributed by atoms with Crippen molar-refractivity contribution in [1.29, 1.82) is 0 Å². The van der Waals surface area contributed by atoms with Gasteiger partial charge < -0.3 is 15.5 Å². The number of benzene rings is 1. The molecule has 0 aromatic heterocycles. The molecule has 0 saturated carbocycles. The maximum absolute atomic E-state index is 13.1. The van der Waals surface area contributed by atoms with E-state index in [9.17, 15) is 9.18 Å². The van der Waals surface area contributed by atoms with Crippen LogP contribution in [0.3, 0.4) is 0 Å². The van der Waals surface area contributed by atoms with Gasteiger partial charge in [-0.1, -0.05) is 17.7 Å². The molecule has 0 aliphatic carbocycles. The fourth-order valence-corrected chi connectivity index (χ4v) is 3.41. The Morgan fingerprint density at radius 2 is 2.12 bits per heavy atom. The summed E-state index contributed by atoms with van der Waals surface area (Å²) >= 11 is 6.08. The van der Waals surface area contributed by atoms with Crippen molar-refractivity contribution in [2.45, 2.75) is 32.6 Å². The lowest BCUT2D eigenvalue weighted by atomic mass is 9.93. The molecule has 2 rings (SSSR count). The summed E-state index contributed by atoms with van der Waals surface area (Å²) in [4.78, 5) is 18.5. The van der Waals surface area contributed by atoms with E-state index >= 15 is 0 Å². The number of hydrogen-bond donors (Lipinski definition) is 2. The minimum Gasteiger partial charge on any atom is -0.359 e. The van der Waals surface area contributed by atoms with Crippen molar-refractivity contribution in [3.63, 3.8) is 0 Å². The van der Waals surface area contributed by atoms with Gasteiger partial charge in [-0.3, -0.25) is 9.79 Å². The van der Waals surface area contributed by atoms with Crippen LogP contribution < -0.4 is 10.6 Å². The van der Waals surface area contributed by atoms with Gasteiger partial charge in [-0.25, -0.2) is 4.39 Å². The van der Waals surface area contributed by atoms with Crippen molar-refractivity contribution >= 4 is 23.5 Å². The molecule has 5 nitrogen and oxygen atoms in total. The van der Waals surface area contributed by atoms with Crippen molar-refractivity contribution < 1.29 is 9.18 Å². The lowest BCUT2D eigenvalue weighted by Gasteiger charge is -2.34. The number of nitrogens with one attached hydrogen (secondary N) is 2. The SMILES string of the molecule is CCNC(=NCCc1ccc(F)cc1Cl)N1CCC(CC(=O)NC)CC1. The second-order valence-corrected chi connectivity index (χ2v) is 6.94. The van der Waals surface area contributed by atoms with Crippen molar-refractivity contribution in [3.05, 3.63) is 34.6 Å². The number of carbonyl (C=O) groups is 1. The molecular formula is C19H28ClFN4O. The van der Waals surface area contributed by atoms with E-state index in [4.69, 9.17) is 16.6 Å². The first-order chi connectivity index (χ1) is 12.5. The van der Waals surface area contributed by atoms with Crippen LogP contribution >= 0.6 is 11.6 Å². The monoisotopic (exact) mass is 382 g/mol. The Labute approximate surface area is 160 Å². The first-order valence-corrected chi connectivity index (χ1v) is 9.59. The van der Waals surface area contributed by atoms with Gasteiger partial charge in [0.1, 0.15) is 5.82 Å². The zero-order chi connectivity index (χ0) is 18.9. The number of hydrogen-bond acceptors (Lipinski definition) is 2. The highest BCUT2D eigenvalue weighted by molar-refractivity contribution is 6.31. The van der Waals surface area contributed by atoms with Crippen molar-refractivity contribution in [3.8, 4) is 0 Å². The van der Waals surface area contributed by atoms with E-state index in [-0.39, 0.29) is 11.7 Å². The topological polar surface area (TPSA) is 56.7 Å². The first kappa shape index (κ1) is 20.5. The van der Waals surface area contributed by atoms with Gasteiger partial charge >= 0.3 is 0 Å². The third-order valence-corrected chi connectivity index (χ3v) is 5.01. The average Bonchev–Trinajstić information content (AvgIpc) is 2.63. The quantitative estimate of drug-likeness (QED) is 0.587. The minimum atomic E-state index is -0.324. The zero-order valence-corrected chi connectivity index (χ0v) is 16.3. The third kappa shape index (κ3) is 6.16. The molecule has 0 unspecified atom stereocenters. The van der Waals surface area contributed by atoms with Crippen LogP contribution in [-0.2, 0) is 11.2 Å². The van der Waals surface area contributed by atoms with Crippen LogP contribution in [0.1, 0.15) is 31.7 Å². The van der Waals surface area contributed by atoms with Gasteiger partial charge in [0.25, 0.3) is 0 Å². The molecule has 1 aromatic rings. The molecular weight excluding hydrogens is 355 g/mol. The van der Waals surface area contributed by atoms with Crippen molar-refractivity contribution in [2.24, 2.45) is 10.9 Å². The van der Waals surface area contributed by atoms with Gasteiger partial charge in [-0.15, -0.1) is 0 Å².